The fraction of sp³-hybridized carbons (Fsp3) is 1.00. The Labute approximate surface area is 43.5 Å². The normalized spacial score (nSPS) is 15.5. The van der Waals surface area contributed by atoms with Crippen LogP contribution in [0.5, 0.6) is 0 Å². The van der Waals surface area contributed by atoms with Crippen LogP contribution in [0.2, 0.25) is 0 Å². The monoisotopic (exact) mass is 185 g/mol. The van der Waals surface area contributed by atoms with Gasteiger partial charge in [0.05, 0.1) is 0 Å². The second kappa shape index (κ2) is 2.46. The van der Waals surface area contributed by atoms with Gasteiger partial charge in [-0.2, -0.15) is 0 Å². The van der Waals surface area contributed by atoms with Gasteiger partial charge in [0.25, 0.3) is 0 Å². The lowest BCUT2D eigenvalue weighted by Crippen LogP contribution is -1.72. The Kier molecular flexibility index (Phi) is 3.22. The molecule has 0 saturated carbocycles. The maximum absolute atomic E-state index is 2.64. The van der Waals surface area contributed by atoms with Crippen LogP contribution in [0.15, 0.2) is 0 Å². The predicted molar refractivity (Wildman–Crippen MR) is 36.1 cm³/mol. The van der Waals surface area contributed by atoms with Crippen LogP contribution in [0.3, 0.4) is 0 Å². The third-order valence-corrected chi connectivity index (χ3v) is 0. The summed E-state index contributed by atoms with van der Waals surface area (Å²) in [6, 6.07) is 0. The van der Waals surface area contributed by atoms with E-state index in [4.69, 9.17) is 0 Å². The van der Waals surface area contributed by atoms with Gasteiger partial charge in [-0.05, 0) is 3.57 Å². The van der Waals surface area contributed by atoms with E-state index in [9.17, 15) is 0 Å². The van der Waals surface area contributed by atoms with Crippen LogP contribution in [-0.4, -0.2) is 11.4 Å². The highest BCUT2D eigenvalue weighted by Gasteiger charge is 1.72. The zero-order valence-electron chi connectivity index (χ0n) is 2.53. The van der Waals surface area contributed by atoms with Gasteiger partial charge in [0, 0.05) is 0 Å². The summed E-state index contributed by atoms with van der Waals surface area (Å²) >= 11 is 2.31. The molecule has 0 spiro atoms. The van der Waals surface area contributed by atoms with Crippen molar-refractivity contribution in [3.63, 3.8) is 0 Å². The molecule has 0 aromatic carbocycles. The Morgan fingerprint density at radius 3 is 2.00 bits per heavy atom. The highest BCUT2D eigenvalue weighted by molar-refractivity contribution is 14.1. The molecule has 2 atom stereocenters. The SMILES string of the molecule is B[11CH](P)I. The lowest BCUT2D eigenvalue weighted by molar-refractivity contribution is 2.16. The van der Waals surface area contributed by atoms with Crippen LogP contribution < -0.4 is 0 Å². The topological polar surface area (TPSA) is 0 Å². The molecule has 0 bridgehead atoms. The molecule has 0 rings (SSSR count). The highest BCUT2D eigenvalue weighted by atomic mass is 127. The molecular weight excluding hydrogens is 180 g/mol. The van der Waals surface area contributed by atoms with E-state index in [-0.39, 0.29) is 0 Å². The molecule has 2 unspecified atom stereocenters. The second-order valence-corrected chi connectivity index (χ2v) is 5.00. The molecule has 0 saturated heterocycles. The largest absolute Gasteiger partial charge is 0.133 e. The number of hydrogen-bond donors (Lipinski definition) is 0. The van der Waals surface area contributed by atoms with Gasteiger partial charge in [0.15, 0.2) is 0 Å². The van der Waals surface area contributed by atoms with Crippen molar-refractivity contribution in [2.24, 2.45) is 0 Å². The molecule has 0 heterocycles. The van der Waals surface area contributed by atoms with Crippen LogP contribution in [0.4, 0.5) is 0 Å². The second-order valence-electron chi connectivity index (χ2n) is 0.678. The van der Waals surface area contributed by atoms with E-state index >= 15 is 0 Å². The van der Waals surface area contributed by atoms with Crippen LogP contribution in [-0.2, 0) is 0 Å². The highest BCUT2D eigenvalue weighted by Crippen LogP contribution is 2.00. The Bertz CT molecular complexity index is 12.8. The van der Waals surface area contributed by atoms with Crippen molar-refractivity contribution in [3.05, 3.63) is 0 Å². The Morgan fingerprint density at radius 2 is 2.00 bits per heavy atom. The standard InChI is InChI=1S/CH5BIP/c2-1(3)4/h1H,2,4H2/i1-1. The Hall–Kier alpha value is 1.22. The van der Waals surface area contributed by atoms with E-state index < -0.39 is 0 Å². The first-order chi connectivity index (χ1) is 1.73. The fourth-order valence-corrected chi connectivity index (χ4v) is 0. The van der Waals surface area contributed by atoms with Crippen LogP contribution in [0.1, 0.15) is 0 Å². The first-order valence-corrected chi connectivity index (χ1v) is 3.04. The van der Waals surface area contributed by atoms with Gasteiger partial charge in [-0.15, -0.1) is 9.24 Å². The summed E-state index contributed by atoms with van der Waals surface area (Å²) in [6.07, 6.45) is 0. The van der Waals surface area contributed by atoms with Crippen molar-refractivity contribution in [2.75, 3.05) is 0 Å². The minimum atomic E-state index is 0.720. The van der Waals surface area contributed by atoms with Gasteiger partial charge < -0.3 is 0 Å². The first-order valence-electron chi connectivity index (χ1n) is 1.13. The molecule has 0 radical (unpaired) electrons. The van der Waals surface area contributed by atoms with Crippen LogP contribution in [0, 0.1) is 0 Å². The van der Waals surface area contributed by atoms with Crippen molar-refractivity contribution in [1.29, 1.82) is 0 Å². The smallest absolute Gasteiger partial charge is 0.123 e. The van der Waals surface area contributed by atoms with E-state index in [2.05, 4.69) is 39.7 Å². The number of halogens is 1. The quantitative estimate of drug-likeness (QED) is 0.219. The number of alkyl halides is 1. The van der Waals surface area contributed by atoms with Gasteiger partial charge in [-0.1, -0.05) is 22.6 Å². The van der Waals surface area contributed by atoms with Gasteiger partial charge in [0.2, 0.25) is 0 Å². The van der Waals surface area contributed by atoms with E-state index in [0.717, 1.165) is 3.57 Å². The number of hydrogen-bond acceptors (Lipinski definition) is 0. The van der Waals surface area contributed by atoms with Gasteiger partial charge in [0.1, 0.15) is 7.85 Å². The van der Waals surface area contributed by atoms with Gasteiger partial charge >= 0.3 is 0 Å². The zero-order chi connectivity index (χ0) is 3.58. The molecule has 0 aliphatic carbocycles. The van der Waals surface area contributed by atoms with Crippen molar-refractivity contribution in [2.45, 2.75) is 3.57 Å². The average molecular weight is 185 g/mol. The van der Waals surface area contributed by atoms with E-state index in [1.807, 2.05) is 0 Å². The van der Waals surface area contributed by atoms with Gasteiger partial charge in [-0.25, -0.2) is 0 Å². The molecule has 0 fully saturated rings. The van der Waals surface area contributed by atoms with Crippen LogP contribution >= 0.6 is 31.8 Å². The third kappa shape index (κ3) is 10.6. The molecular formula is CH5BIP. The summed E-state index contributed by atoms with van der Waals surface area (Å²) in [7, 11) is 4.76. The maximum Gasteiger partial charge on any atom is 0.123 e. The molecule has 0 aromatic heterocycles. The number of rotatable bonds is 0. The van der Waals surface area contributed by atoms with Crippen LogP contribution in [0.25, 0.3) is 0 Å². The third-order valence-electron chi connectivity index (χ3n) is 0. The zero-order valence-corrected chi connectivity index (χ0v) is 5.84. The minimum Gasteiger partial charge on any atom is -0.133 e. The lowest BCUT2D eigenvalue weighted by Gasteiger charge is -1.75. The first kappa shape index (κ1) is 5.22. The molecule has 4 heavy (non-hydrogen) atoms. The minimum absolute atomic E-state index is 0.720. The fourth-order valence-electron chi connectivity index (χ4n) is 0. The van der Waals surface area contributed by atoms with Crippen molar-refractivity contribution in [1.82, 2.24) is 0 Å². The summed E-state index contributed by atoms with van der Waals surface area (Å²) in [6.45, 7) is 0. The summed E-state index contributed by atoms with van der Waals surface area (Å²) in [5, 5.41) is 0. The summed E-state index contributed by atoms with van der Waals surface area (Å²) < 4.78 is 0.720. The molecule has 0 amide bonds. The van der Waals surface area contributed by atoms with Crippen molar-refractivity contribution < 1.29 is 0 Å². The molecule has 0 aliphatic rings. The maximum atomic E-state index is 2.64. The average Bonchev–Trinajstić information content (AvgIpc) is 0.811. The molecule has 0 aliphatic heterocycles. The van der Waals surface area contributed by atoms with E-state index in [1.54, 1.807) is 0 Å². The Morgan fingerprint density at radius 1 is 2.00 bits per heavy atom. The van der Waals surface area contributed by atoms with E-state index in [0.29, 0.717) is 0 Å². The Balaban J connectivity index is 2.32. The molecule has 24 valence electrons. The van der Waals surface area contributed by atoms with Gasteiger partial charge in [-0.3, -0.25) is 0 Å². The summed E-state index contributed by atoms with van der Waals surface area (Å²) in [5.74, 6) is 0. The summed E-state index contributed by atoms with van der Waals surface area (Å²) in [5.41, 5.74) is 0. The molecule has 0 N–H and O–H groups in total. The summed E-state index contributed by atoms with van der Waals surface area (Å²) in [4.78, 5) is 0. The van der Waals surface area contributed by atoms with E-state index in [1.165, 1.54) is 0 Å². The molecule has 3 heteroatoms. The molecule has 0 nitrogen and oxygen atoms in total. The van der Waals surface area contributed by atoms with Crippen molar-refractivity contribution in [3.8, 4) is 0 Å². The molecule has 0 aromatic rings. The lowest BCUT2D eigenvalue weighted by atomic mass is 9.88. The predicted octanol–water partition coefficient (Wildman–Crippen LogP) is 0.213. The van der Waals surface area contributed by atoms with Crippen molar-refractivity contribution >= 4 is 39.7 Å².